The van der Waals surface area contributed by atoms with Crippen LogP contribution in [-0.4, -0.2) is 32.7 Å². The Morgan fingerprint density at radius 3 is 2.30 bits per heavy atom. The molecule has 2 fully saturated rings. The van der Waals surface area contributed by atoms with Crippen molar-refractivity contribution in [1.29, 1.82) is 0 Å². The zero-order valence-corrected chi connectivity index (χ0v) is 19.9. The topological polar surface area (TPSA) is 112 Å². The van der Waals surface area contributed by atoms with Crippen LogP contribution in [-0.2, 0) is 14.4 Å². The number of phenolic OH excluding ortho intramolecular Hbond substituents is 2. The summed E-state index contributed by atoms with van der Waals surface area (Å²) < 4.78 is 0. The Kier molecular flexibility index (Phi) is 6.18. The molecular weight excluding hydrogens is 420 g/mol. The number of rotatable bonds is 4. The first-order chi connectivity index (χ1) is 15.2. The first-order valence-electron chi connectivity index (χ1n) is 11.1. The van der Waals surface area contributed by atoms with Gasteiger partial charge in [0.05, 0.1) is 5.92 Å². The van der Waals surface area contributed by atoms with Gasteiger partial charge >= 0.3 is 0 Å². The van der Waals surface area contributed by atoms with Crippen molar-refractivity contribution in [2.75, 3.05) is 0 Å². The van der Waals surface area contributed by atoms with Crippen molar-refractivity contribution in [1.82, 2.24) is 0 Å². The molecule has 1 aromatic carbocycles. The van der Waals surface area contributed by atoms with E-state index >= 15 is 0 Å². The Morgan fingerprint density at radius 2 is 1.76 bits per heavy atom. The fourth-order valence-electron chi connectivity index (χ4n) is 5.45. The number of hydrogen-bond acceptors (Lipinski definition) is 6. The van der Waals surface area contributed by atoms with Crippen molar-refractivity contribution >= 4 is 23.1 Å². The summed E-state index contributed by atoms with van der Waals surface area (Å²) in [5.41, 5.74) is -0.617. The number of aromatic hydroxyl groups is 2. The highest BCUT2D eigenvalue weighted by Crippen LogP contribution is 2.56. The maximum atomic E-state index is 14.0. The Balaban J connectivity index is 2.35. The molecule has 6 heteroatoms. The minimum absolute atomic E-state index is 0.0149. The minimum Gasteiger partial charge on any atom is -0.506 e. The minimum atomic E-state index is -1.20. The van der Waals surface area contributed by atoms with E-state index < -0.39 is 51.1 Å². The molecule has 33 heavy (non-hydrogen) atoms. The summed E-state index contributed by atoms with van der Waals surface area (Å²) in [6, 6.07) is 3.56. The summed E-state index contributed by atoms with van der Waals surface area (Å²) in [7, 11) is 0. The normalized spacial score (nSPS) is 28.2. The van der Waals surface area contributed by atoms with E-state index in [1.54, 1.807) is 0 Å². The second-order valence-electron chi connectivity index (χ2n) is 10.4. The molecule has 2 aliphatic carbocycles. The van der Waals surface area contributed by atoms with Gasteiger partial charge in [-0.05, 0) is 63.1 Å². The van der Waals surface area contributed by atoms with Crippen LogP contribution in [0.3, 0.4) is 0 Å². The van der Waals surface area contributed by atoms with Gasteiger partial charge in [-0.3, -0.25) is 14.4 Å². The van der Waals surface area contributed by atoms with Crippen molar-refractivity contribution in [3.8, 4) is 11.5 Å². The Morgan fingerprint density at radius 1 is 1.12 bits per heavy atom. The van der Waals surface area contributed by atoms with E-state index in [0.29, 0.717) is 6.42 Å². The van der Waals surface area contributed by atoms with Gasteiger partial charge in [0, 0.05) is 17.4 Å². The highest BCUT2D eigenvalue weighted by molar-refractivity contribution is 6.32. The van der Waals surface area contributed by atoms with E-state index in [4.69, 9.17) is 0 Å². The molecule has 6 nitrogen and oxygen atoms in total. The predicted molar refractivity (Wildman–Crippen MR) is 126 cm³/mol. The van der Waals surface area contributed by atoms with Gasteiger partial charge in [-0.15, -0.1) is 0 Å². The molecular formula is C27H32O6. The maximum absolute atomic E-state index is 14.0. The fraction of sp³-hybridized carbons (Fsp3) is 0.444. The zero-order valence-electron chi connectivity index (χ0n) is 19.9. The van der Waals surface area contributed by atoms with E-state index in [1.165, 1.54) is 12.1 Å². The van der Waals surface area contributed by atoms with E-state index in [-0.39, 0.29) is 30.1 Å². The summed E-state index contributed by atoms with van der Waals surface area (Å²) in [5.74, 6) is -4.40. The average Bonchev–Trinajstić information content (AvgIpc) is 2.85. The fourth-order valence-corrected chi connectivity index (χ4v) is 5.45. The lowest BCUT2D eigenvalue weighted by molar-refractivity contribution is -0.135. The largest absolute Gasteiger partial charge is 0.506 e. The van der Waals surface area contributed by atoms with Gasteiger partial charge in [0.15, 0.2) is 23.1 Å². The molecule has 3 atom stereocenters. The van der Waals surface area contributed by atoms with Crippen molar-refractivity contribution in [2.45, 2.75) is 53.9 Å². The number of carbonyl (C=O) groups excluding carboxylic acids is 3. The second-order valence-corrected chi connectivity index (χ2v) is 10.4. The molecule has 2 saturated carbocycles. The third-order valence-electron chi connectivity index (χ3n) is 7.27. The number of allylic oxidation sites excluding steroid dienone is 4. The molecule has 0 saturated heterocycles. The van der Waals surface area contributed by atoms with Crippen LogP contribution < -0.4 is 0 Å². The second kappa shape index (κ2) is 8.32. The SMILES string of the molecule is C=C(C)[C@H]1C[C@]2(CC=C(C)C)CC(=O)[C@H](C(=O)C(=C(O)c3ccc(O)c(O)c3)C2=O)C1(C)C. The van der Waals surface area contributed by atoms with Crippen LogP contribution in [0.4, 0.5) is 0 Å². The lowest BCUT2D eigenvalue weighted by Gasteiger charge is -2.42. The molecule has 1 aromatic rings. The third-order valence-corrected chi connectivity index (χ3v) is 7.27. The number of aliphatic hydroxyl groups is 1. The Labute approximate surface area is 194 Å². The van der Waals surface area contributed by atoms with Crippen LogP contribution >= 0.6 is 0 Å². The summed E-state index contributed by atoms with van der Waals surface area (Å²) in [6.45, 7) is 13.5. The van der Waals surface area contributed by atoms with E-state index in [0.717, 1.165) is 17.2 Å². The van der Waals surface area contributed by atoms with Gasteiger partial charge in [-0.25, -0.2) is 0 Å². The number of benzene rings is 1. The molecule has 176 valence electrons. The number of ketones is 3. The molecule has 0 aliphatic heterocycles. The number of fused-ring (bicyclic) bond motifs is 3. The van der Waals surface area contributed by atoms with Crippen LogP contribution in [0.15, 0.2) is 47.6 Å². The number of carbonyl (C=O) groups is 3. The lowest BCUT2D eigenvalue weighted by Crippen LogP contribution is -2.45. The highest BCUT2D eigenvalue weighted by atomic mass is 16.3. The molecule has 0 aromatic heterocycles. The first-order valence-corrected chi connectivity index (χ1v) is 11.1. The molecule has 0 unspecified atom stereocenters. The zero-order chi connectivity index (χ0) is 24.9. The predicted octanol–water partition coefficient (Wildman–Crippen LogP) is 5.06. The molecule has 3 N–H and O–H groups in total. The molecule has 0 heterocycles. The van der Waals surface area contributed by atoms with E-state index in [2.05, 4.69) is 6.58 Å². The van der Waals surface area contributed by atoms with Gasteiger partial charge in [0.1, 0.15) is 17.1 Å². The van der Waals surface area contributed by atoms with E-state index in [9.17, 15) is 29.7 Å². The third kappa shape index (κ3) is 4.03. The van der Waals surface area contributed by atoms with Crippen LogP contribution in [0.5, 0.6) is 11.5 Å². The monoisotopic (exact) mass is 452 g/mol. The standard InChI is InChI=1S/C27H32O6/c1-14(2)9-10-27-12-17(15(3)4)26(5,6)22(20(30)13-27)24(32)21(25(27)33)23(31)16-7-8-18(28)19(29)11-16/h7-9,11,17,22,28-29,31H,3,10,12-13H2,1-2,4-6H3/t17-,22-,27-/m1/s1. The van der Waals surface area contributed by atoms with Gasteiger partial charge in [-0.2, -0.15) is 0 Å². The average molecular weight is 453 g/mol. The molecule has 3 rings (SSSR count). The van der Waals surface area contributed by atoms with Gasteiger partial charge in [0.25, 0.3) is 0 Å². The quantitative estimate of drug-likeness (QED) is 0.147. The van der Waals surface area contributed by atoms with Crippen molar-refractivity contribution in [2.24, 2.45) is 22.7 Å². The van der Waals surface area contributed by atoms with Gasteiger partial charge in [-0.1, -0.05) is 37.6 Å². The molecule has 2 bridgehead atoms. The Bertz CT molecular complexity index is 1120. The van der Waals surface area contributed by atoms with Gasteiger partial charge in [0.2, 0.25) is 0 Å². The number of Topliss-reactive ketones (excluding diaryl/α,β-unsaturated/α-hetero) is 3. The molecule has 0 radical (unpaired) electrons. The number of phenols is 2. The van der Waals surface area contributed by atoms with Crippen molar-refractivity contribution < 1.29 is 29.7 Å². The number of hydrogen-bond donors (Lipinski definition) is 3. The smallest absolute Gasteiger partial charge is 0.181 e. The lowest BCUT2D eigenvalue weighted by atomic mass is 9.59. The van der Waals surface area contributed by atoms with Crippen LogP contribution in [0, 0.1) is 22.7 Å². The Hall–Kier alpha value is -3.15. The van der Waals surface area contributed by atoms with Crippen LogP contribution in [0.1, 0.15) is 59.4 Å². The number of aliphatic hydroxyl groups excluding tert-OH is 1. The molecule has 0 amide bonds. The van der Waals surface area contributed by atoms with Crippen LogP contribution in [0.2, 0.25) is 0 Å². The van der Waals surface area contributed by atoms with Crippen LogP contribution in [0.25, 0.3) is 5.76 Å². The van der Waals surface area contributed by atoms with E-state index in [1.807, 2.05) is 40.7 Å². The maximum Gasteiger partial charge on any atom is 0.181 e. The summed E-state index contributed by atoms with van der Waals surface area (Å²) >= 11 is 0. The van der Waals surface area contributed by atoms with Crippen molar-refractivity contribution in [3.63, 3.8) is 0 Å². The molecule has 2 aliphatic rings. The first kappa shape index (κ1) is 24.5. The highest BCUT2D eigenvalue weighted by Gasteiger charge is 2.60. The summed E-state index contributed by atoms with van der Waals surface area (Å²) in [4.78, 5) is 41.3. The summed E-state index contributed by atoms with van der Waals surface area (Å²) in [6.07, 6.45) is 2.41. The van der Waals surface area contributed by atoms with Crippen molar-refractivity contribution in [3.05, 3.63) is 53.1 Å². The summed E-state index contributed by atoms with van der Waals surface area (Å²) in [5, 5.41) is 30.6. The molecule has 0 spiro atoms. The van der Waals surface area contributed by atoms with Gasteiger partial charge < -0.3 is 15.3 Å².